The largest absolute Gasteiger partial charge is 0.387 e. The summed E-state index contributed by atoms with van der Waals surface area (Å²) in [6.45, 7) is 0.930. The Morgan fingerprint density at radius 3 is 2.33 bits per heavy atom. The highest BCUT2D eigenvalue weighted by Gasteiger charge is 2.42. The highest BCUT2D eigenvalue weighted by molar-refractivity contribution is 6.36. The summed E-state index contributed by atoms with van der Waals surface area (Å²) in [5, 5.41) is 20.7. The van der Waals surface area contributed by atoms with Crippen LogP contribution >= 0.6 is 23.2 Å². The zero-order valence-electron chi connectivity index (χ0n) is 9.70. The van der Waals surface area contributed by atoms with Crippen molar-refractivity contribution in [1.29, 1.82) is 5.26 Å². The second-order valence-electron chi connectivity index (χ2n) is 4.42. The van der Waals surface area contributed by atoms with Crippen molar-refractivity contribution in [2.45, 2.75) is 18.9 Å². The van der Waals surface area contributed by atoms with Gasteiger partial charge in [0, 0.05) is 28.8 Å². The number of benzene rings is 1. The van der Waals surface area contributed by atoms with Crippen LogP contribution in [0.4, 0.5) is 0 Å². The molecular formula is C13H13Cl2NO2. The van der Waals surface area contributed by atoms with E-state index < -0.39 is 11.5 Å². The fraction of sp³-hybridized carbons (Fsp3) is 0.462. The first-order valence-corrected chi connectivity index (χ1v) is 6.47. The number of rotatable bonds is 2. The van der Waals surface area contributed by atoms with Crippen LogP contribution in [0, 0.1) is 16.7 Å². The van der Waals surface area contributed by atoms with Crippen molar-refractivity contribution in [1.82, 2.24) is 0 Å². The molecule has 0 radical (unpaired) electrons. The maximum absolute atomic E-state index is 10.5. The van der Waals surface area contributed by atoms with E-state index in [-0.39, 0.29) is 0 Å². The smallest absolute Gasteiger partial charge is 0.101 e. The van der Waals surface area contributed by atoms with Gasteiger partial charge in [-0.05, 0) is 25.0 Å². The first kappa shape index (κ1) is 13.6. The van der Waals surface area contributed by atoms with Crippen LogP contribution in [0.5, 0.6) is 0 Å². The standard InChI is InChI=1S/C13H13Cl2NO2/c14-9-2-1-3-10(15)11(9)12(17)13(8-16)4-6-18-7-5-13/h1-3,12,17H,4-7H2. The number of ether oxygens (including phenoxy) is 1. The number of nitrogens with zero attached hydrogens (tertiary/aromatic N) is 1. The van der Waals surface area contributed by atoms with E-state index in [2.05, 4.69) is 6.07 Å². The predicted molar refractivity (Wildman–Crippen MR) is 69.5 cm³/mol. The van der Waals surface area contributed by atoms with Crippen LogP contribution in [-0.2, 0) is 4.74 Å². The Hall–Kier alpha value is -0.790. The third-order valence-corrected chi connectivity index (χ3v) is 4.06. The van der Waals surface area contributed by atoms with Gasteiger partial charge in [-0.15, -0.1) is 0 Å². The van der Waals surface area contributed by atoms with Crippen molar-refractivity contribution in [3.05, 3.63) is 33.8 Å². The number of nitriles is 1. The van der Waals surface area contributed by atoms with Gasteiger partial charge in [0.15, 0.2) is 0 Å². The van der Waals surface area contributed by atoms with Gasteiger partial charge in [-0.2, -0.15) is 5.26 Å². The second-order valence-corrected chi connectivity index (χ2v) is 5.23. The topological polar surface area (TPSA) is 53.2 Å². The Labute approximate surface area is 116 Å². The third-order valence-electron chi connectivity index (χ3n) is 3.40. The van der Waals surface area contributed by atoms with Crippen molar-refractivity contribution in [2.24, 2.45) is 5.41 Å². The lowest BCUT2D eigenvalue weighted by Crippen LogP contribution is -2.34. The van der Waals surface area contributed by atoms with Gasteiger partial charge in [0.2, 0.25) is 0 Å². The van der Waals surface area contributed by atoms with E-state index in [0.29, 0.717) is 41.7 Å². The SMILES string of the molecule is N#CC1(C(O)c2c(Cl)cccc2Cl)CCOCC1. The number of hydrogen-bond acceptors (Lipinski definition) is 3. The van der Waals surface area contributed by atoms with Gasteiger partial charge in [-0.1, -0.05) is 29.3 Å². The van der Waals surface area contributed by atoms with Gasteiger partial charge in [0.25, 0.3) is 0 Å². The summed E-state index contributed by atoms with van der Waals surface area (Å²) in [6.07, 6.45) is -0.0362. The molecule has 1 aliphatic rings. The predicted octanol–water partition coefficient (Wildman–Crippen LogP) is 3.35. The monoisotopic (exact) mass is 285 g/mol. The molecule has 1 heterocycles. The maximum atomic E-state index is 10.5. The van der Waals surface area contributed by atoms with E-state index in [4.69, 9.17) is 27.9 Å². The van der Waals surface area contributed by atoms with Gasteiger partial charge in [-0.3, -0.25) is 0 Å². The minimum Gasteiger partial charge on any atom is -0.387 e. The van der Waals surface area contributed by atoms with Crippen molar-refractivity contribution >= 4 is 23.2 Å². The number of halogens is 2. The first-order chi connectivity index (χ1) is 8.60. The lowest BCUT2D eigenvalue weighted by Gasteiger charge is -2.35. The lowest BCUT2D eigenvalue weighted by molar-refractivity contribution is -0.0309. The molecule has 1 saturated heterocycles. The molecule has 1 aliphatic heterocycles. The summed E-state index contributed by atoms with van der Waals surface area (Å²) >= 11 is 12.2. The Morgan fingerprint density at radius 1 is 1.28 bits per heavy atom. The third kappa shape index (κ3) is 2.34. The van der Waals surface area contributed by atoms with Gasteiger partial charge >= 0.3 is 0 Å². The summed E-state index contributed by atoms with van der Waals surface area (Å²) in [5.41, 5.74) is -0.434. The highest BCUT2D eigenvalue weighted by Crippen LogP contribution is 2.45. The summed E-state index contributed by atoms with van der Waals surface area (Å²) in [6, 6.07) is 7.26. The molecule has 0 spiro atoms. The molecule has 1 atom stereocenters. The normalized spacial score (nSPS) is 20.1. The van der Waals surface area contributed by atoms with Crippen molar-refractivity contribution in [3.8, 4) is 6.07 Å². The van der Waals surface area contributed by atoms with Crippen LogP contribution in [0.3, 0.4) is 0 Å². The van der Waals surface area contributed by atoms with E-state index in [0.717, 1.165) is 0 Å². The van der Waals surface area contributed by atoms with Gasteiger partial charge in [-0.25, -0.2) is 0 Å². The second kappa shape index (κ2) is 5.46. The molecule has 2 rings (SSSR count). The van der Waals surface area contributed by atoms with Crippen LogP contribution < -0.4 is 0 Å². The van der Waals surface area contributed by atoms with Gasteiger partial charge in [0.1, 0.15) is 6.10 Å². The lowest BCUT2D eigenvalue weighted by atomic mass is 9.74. The molecule has 0 saturated carbocycles. The summed E-state index contributed by atoms with van der Waals surface area (Å²) in [7, 11) is 0. The van der Waals surface area contributed by atoms with E-state index in [1.165, 1.54) is 0 Å². The molecule has 1 unspecified atom stereocenters. The highest BCUT2D eigenvalue weighted by atomic mass is 35.5. The fourth-order valence-electron chi connectivity index (χ4n) is 2.23. The fourth-order valence-corrected chi connectivity index (χ4v) is 2.83. The van der Waals surface area contributed by atoms with E-state index in [1.807, 2.05) is 0 Å². The molecular weight excluding hydrogens is 273 g/mol. The molecule has 1 fully saturated rings. The number of aliphatic hydroxyl groups is 1. The molecule has 0 aromatic heterocycles. The van der Waals surface area contributed by atoms with E-state index >= 15 is 0 Å². The minimum absolute atomic E-state index is 0.385. The van der Waals surface area contributed by atoms with Crippen LogP contribution in [0.1, 0.15) is 24.5 Å². The molecule has 0 bridgehead atoms. The van der Waals surface area contributed by atoms with Crippen molar-refractivity contribution in [3.63, 3.8) is 0 Å². The average Bonchev–Trinajstić information content (AvgIpc) is 2.39. The van der Waals surface area contributed by atoms with E-state index in [1.54, 1.807) is 18.2 Å². The molecule has 1 aromatic carbocycles. The van der Waals surface area contributed by atoms with Gasteiger partial charge < -0.3 is 9.84 Å². The van der Waals surface area contributed by atoms with Crippen LogP contribution in [0.25, 0.3) is 0 Å². The zero-order chi connectivity index (χ0) is 13.2. The molecule has 96 valence electrons. The van der Waals surface area contributed by atoms with Crippen LogP contribution in [0.15, 0.2) is 18.2 Å². The molecule has 5 heteroatoms. The first-order valence-electron chi connectivity index (χ1n) is 5.72. The van der Waals surface area contributed by atoms with Crippen molar-refractivity contribution in [2.75, 3.05) is 13.2 Å². The minimum atomic E-state index is -0.993. The van der Waals surface area contributed by atoms with E-state index in [9.17, 15) is 10.4 Å². The average molecular weight is 286 g/mol. The number of hydrogen-bond donors (Lipinski definition) is 1. The Balaban J connectivity index is 2.41. The molecule has 1 N–H and O–H groups in total. The Kier molecular flexibility index (Phi) is 4.14. The number of aliphatic hydroxyl groups excluding tert-OH is 1. The molecule has 0 amide bonds. The zero-order valence-corrected chi connectivity index (χ0v) is 11.2. The summed E-state index contributed by atoms with van der Waals surface area (Å²) in [4.78, 5) is 0. The summed E-state index contributed by atoms with van der Waals surface area (Å²) < 4.78 is 5.24. The van der Waals surface area contributed by atoms with Crippen LogP contribution in [-0.4, -0.2) is 18.3 Å². The molecule has 1 aromatic rings. The van der Waals surface area contributed by atoms with Crippen molar-refractivity contribution < 1.29 is 9.84 Å². The molecule has 0 aliphatic carbocycles. The molecule has 18 heavy (non-hydrogen) atoms. The van der Waals surface area contributed by atoms with Gasteiger partial charge in [0.05, 0.1) is 11.5 Å². The Morgan fingerprint density at radius 2 is 1.83 bits per heavy atom. The maximum Gasteiger partial charge on any atom is 0.101 e. The molecule has 3 nitrogen and oxygen atoms in total. The summed E-state index contributed by atoms with van der Waals surface area (Å²) in [5.74, 6) is 0. The van der Waals surface area contributed by atoms with Crippen LogP contribution in [0.2, 0.25) is 10.0 Å². The Bertz CT molecular complexity index is 458. The quantitative estimate of drug-likeness (QED) is 0.907.